The maximum atomic E-state index is 5.86. The molecule has 0 spiro atoms. The Morgan fingerprint density at radius 2 is 1.64 bits per heavy atom. The Kier molecular flexibility index (Phi) is 4.71. The Hall–Kier alpha value is -2.86. The summed E-state index contributed by atoms with van der Waals surface area (Å²) in [4.78, 5) is 4.94. The number of para-hydroxylation sites is 1. The first kappa shape index (κ1) is 17.3. The summed E-state index contributed by atoms with van der Waals surface area (Å²) in [5.74, 6) is 1.77. The van der Waals surface area contributed by atoms with Gasteiger partial charge in [0.15, 0.2) is 5.16 Å². The van der Waals surface area contributed by atoms with Crippen molar-refractivity contribution in [3.8, 4) is 17.1 Å². The van der Waals surface area contributed by atoms with E-state index in [1.54, 1.807) is 11.8 Å². The standard InChI is InChI=1S/C22H20N4OS/c1-3-9-16(10-4-1)21-25-24-20(27-21)15-28-22-23-18-13-7-8-14-19(18)26(22)17-11-5-2-6-12-17/h1-6,9-12H,7-8,13-15H2. The van der Waals surface area contributed by atoms with E-state index in [-0.39, 0.29) is 0 Å². The van der Waals surface area contributed by atoms with Crippen LogP contribution in [0, 0.1) is 0 Å². The lowest BCUT2D eigenvalue weighted by Gasteiger charge is -2.15. The number of aryl methyl sites for hydroxylation is 1. The fraction of sp³-hybridized carbons (Fsp3) is 0.227. The van der Waals surface area contributed by atoms with Crippen LogP contribution in [0.4, 0.5) is 0 Å². The molecule has 28 heavy (non-hydrogen) atoms. The highest BCUT2D eigenvalue weighted by atomic mass is 32.2. The van der Waals surface area contributed by atoms with Crippen LogP contribution >= 0.6 is 11.8 Å². The molecule has 0 saturated heterocycles. The molecular weight excluding hydrogens is 368 g/mol. The second-order valence-corrected chi connectivity index (χ2v) is 7.76. The van der Waals surface area contributed by atoms with Crippen molar-refractivity contribution in [2.45, 2.75) is 36.6 Å². The highest BCUT2D eigenvalue weighted by molar-refractivity contribution is 7.98. The molecule has 0 aliphatic heterocycles. The van der Waals surface area contributed by atoms with E-state index in [1.807, 2.05) is 36.4 Å². The quantitative estimate of drug-likeness (QED) is 0.446. The minimum atomic E-state index is 0.557. The predicted octanol–water partition coefficient (Wildman–Crippen LogP) is 5.09. The van der Waals surface area contributed by atoms with Crippen LogP contribution < -0.4 is 0 Å². The molecule has 2 heterocycles. The fourth-order valence-corrected chi connectivity index (χ4v) is 4.48. The summed E-state index contributed by atoms with van der Waals surface area (Å²) in [6.45, 7) is 0. The van der Waals surface area contributed by atoms with E-state index in [0.29, 0.717) is 17.5 Å². The van der Waals surface area contributed by atoms with E-state index in [0.717, 1.165) is 29.2 Å². The molecule has 2 aromatic heterocycles. The number of rotatable bonds is 5. The van der Waals surface area contributed by atoms with Crippen LogP contribution in [0.25, 0.3) is 17.1 Å². The van der Waals surface area contributed by atoms with Crippen molar-refractivity contribution < 1.29 is 4.42 Å². The molecule has 2 aromatic carbocycles. The van der Waals surface area contributed by atoms with Gasteiger partial charge in [0.25, 0.3) is 0 Å². The normalized spacial score (nSPS) is 13.4. The largest absolute Gasteiger partial charge is 0.420 e. The molecule has 0 amide bonds. The first-order valence-electron chi connectivity index (χ1n) is 9.55. The number of aromatic nitrogens is 4. The molecular formula is C22H20N4OS. The number of imidazole rings is 1. The van der Waals surface area contributed by atoms with Gasteiger partial charge in [0.2, 0.25) is 11.8 Å². The van der Waals surface area contributed by atoms with Gasteiger partial charge in [0.05, 0.1) is 11.4 Å². The topological polar surface area (TPSA) is 56.7 Å². The smallest absolute Gasteiger partial charge is 0.247 e. The van der Waals surface area contributed by atoms with Crippen LogP contribution in [0.15, 0.2) is 70.2 Å². The Morgan fingerprint density at radius 1 is 0.893 bits per heavy atom. The highest BCUT2D eigenvalue weighted by Crippen LogP contribution is 2.32. The third kappa shape index (κ3) is 3.36. The lowest BCUT2D eigenvalue weighted by Crippen LogP contribution is -2.07. The first-order valence-corrected chi connectivity index (χ1v) is 10.5. The molecule has 4 aromatic rings. The summed E-state index contributed by atoms with van der Waals surface area (Å²) >= 11 is 1.65. The van der Waals surface area contributed by atoms with Crippen LogP contribution in [-0.2, 0) is 18.6 Å². The third-order valence-corrected chi connectivity index (χ3v) is 5.85. The molecule has 0 radical (unpaired) electrons. The summed E-state index contributed by atoms with van der Waals surface area (Å²) in [6.07, 6.45) is 4.57. The maximum absolute atomic E-state index is 5.86. The molecule has 0 bridgehead atoms. The van der Waals surface area contributed by atoms with Gasteiger partial charge in [-0.1, -0.05) is 48.2 Å². The lowest BCUT2D eigenvalue weighted by atomic mass is 10.0. The minimum absolute atomic E-state index is 0.557. The van der Waals surface area contributed by atoms with Gasteiger partial charge in [-0.25, -0.2) is 4.98 Å². The van der Waals surface area contributed by atoms with Crippen molar-refractivity contribution in [1.29, 1.82) is 0 Å². The van der Waals surface area contributed by atoms with Crippen molar-refractivity contribution in [2.24, 2.45) is 0 Å². The van der Waals surface area contributed by atoms with E-state index >= 15 is 0 Å². The van der Waals surface area contributed by atoms with E-state index in [2.05, 4.69) is 39.0 Å². The van der Waals surface area contributed by atoms with Gasteiger partial charge in [-0.15, -0.1) is 10.2 Å². The van der Waals surface area contributed by atoms with E-state index in [4.69, 9.17) is 9.40 Å². The SMILES string of the molecule is c1ccc(-c2nnc(CSc3nc4c(n3-c3ccccc3)CCCC4)o2)cc1. The second-order valence-electron chi connectivity index (χ2n) is 6.82. The lowest BCUT2D eigenvalue weighted by molar-refractivity contribution is 0.528. The van der Waals surface area contributed by atoms with Crippen molar-refractivity contribution in [1.82, 2.24) is 19.7 Å². The summed E-state index contributed by atoms with van der Waals surface area (Å²) in [7, 11) is 0. The van der Waals surface area contributed by atoms with Gasteiger partial charge in [-0.2, -0.15) is 0 Å². The number of thioether (sulfide) groups is 1. The second kappa shape index (κ2) is 7.64. The molecule has 5 nitrogen and oxygen atoms in total. The van der Waals surface area contributed by atoms with Crippen LogP contribution in [0.5, 0.6) is 0 Å². The first-order chi connectivity index (χ1) is 13.9. The molecule has 0 atom stereocenters. The number of nitrogens with zero attached hydrogens (tertiary/aromatic N) is 4. The molecule has 140 valence electrons. The van der Waals surface area contributed by atoms with Gasteiger partial charge >= 0.3 is 0 Å². The third-order valence-electron chi connectivity index (χ3n) is 4.93. The van der Waals surface area contributed by atoms with E-state index in [1.165, 1.54) is 24.2 Å². The van der Waals surface area contributed by atoms with Gasteiger partial charge in [0.1, 0.15) is 0 Å². The van der Waals surface area contributed by atoms with Crippen molar-refractivity contribution in [3.63, 3.8) is 0 Å². The van der Waals surface area contributed by atoms with Gasteiger partial charge in [-0.3, -0.25) is 4.57 Å². The molecule has 1 aliphatic rings. The van der Waals surface area contributed by atoms with E-state index in [9.17, 15) is 0 Å². The average molecular weight is 388 g/mol. The molecule has 0 saturated carbocycles. The Morgan fingerprint density at radius 3 is 2.46 bits per heavy atom. The molecule has 5 rings (SSSR count). The number of fused-ring (bicyclic) bond motifs is 1. The molecule has 0 fully saturated rings. The summed E-state index contributed by atoms with van der Waals surface area (Å²) in [5, 5.41) is 9.40. The van der Waals surface area contributed by atoms with E-state index < -0.39 is 0 Å². The van der Waals surface area contributed by atoms with Crippen molar-refractivity contribution in [3.05, 3.63) is 77.9 Å². The van der Waals surface area contributed by atoms with Crippen molar-refractivity contribution >= 4 is 11.8 Å². The summed E-state index contributed by atoms with van der Waals surface area (Å²) < 4.78 is 8.16. The maximum Gasteiger partial charge on any atom is 0.247 e. The Bertz CT molecular complexity index is 1070. The Labute approximate surface area is 167 Å². The fourth-order valence-electron chi connectivity index (χ4n) is 3.59. The number of benzene rings is 2. The molecule has 0 N–H and O–H groups in total. The predicted molar refractivity (Wildman–Crippen MR) is 110 cm³/mol. The number of hydrogen-bond acceptors (Lipinski definition) is 5. The zero-order valence-corrected chi connectivity index (χ0v) is 16.2. The van der Waals surface area contributed by atoms with Gasteiger partial charge in [0, 0.05) is 16.9 Å². The minimum Gasteiger partial charge on any atom is -0.420 e. The van der Waals surface area contributed by atoms with Crippen LogP contribution in [-0.4, -0.2) is 19.7 Å². The van der Waals surface area contributed by atoms with Crippen LogP contribution in [0.2, 0.25) is 0 Å². The molecule has 0 unspecified atom stereocenters. The molecule has 1 aliphatic carbocycles. The zero-order valence-electron chi connectivity index (χ0n) is 15.4. The van der Waals surface area contributed by atoms with Crippen molar-refractivity contribution in [2.75, 3.05) is 0 Å². The molecule has 6 heteroatoms. The van der Waals surface area contributed by atoms with Crippen LogP contribution in [0.3, 0.4) is 0 Å². The highest BCUT2D eigenvalue weighted by Gasteiger charge is 2.22. The number of hydrogen-bond donors (Lipinski definition) is 0. The zero-order chi connectivity index (χ0) is 18.8. The van der Waals surface area contributed by atoms with Gasteiger partial charge in [-0.05, 0) is 49.9 Å². The Balaban J connectivity index is 1.42. The summed E-state index contributed by atoms with van der Waals surface area (Å²) in [6, 6.07) is 20.3. The monoisotopic (exact) mass is 388 g/mol. The average Bonchev–Trinajstić information content (AvgIpc) is 3.38. The summed E-state index contributed by atoms with van der Waals surface area (Å²) in [5.41, 5.74) is 4.67. The van der Waals surface area contributed by atoms with Gasteiger partial charge < -0.3 is 4.42 Å². The van der Waals surface area contributed by atoms with Crippen LogP contribution in [0.1, 0.15) is 30.1 Å².